The largest absolute Gasteiger partial charge is 0.370 e. The molecule has 0 radical (unpaired) electrons. The molecule has 0 saturated carbocycles. The van der Waals surface area contributed by atoms with E-state index in [1.807, 2.05) is 6.92 Å². The minimum atomic E-state index is -2.97. The van der Waals surface area contributed by atoms with Crippen LogP contribution in [0.3, 0.4) is 0 Å². The van der Waals surface area contributed by atoms with Crippen LogP contribution in [0.1, 0.15) is 33.6 Å². The number of morpholine rings is 1. The maximum atomic E-state index is 12.0. The van der Waals surface area contributed by atoms with Gasteiger partial charge in [-0.25, -0.2) is 8.42 Å². The lowest BCUT2D eigenvalue weighted by Crippen LogP contribution is -2.66. The van der Waals surface area contributed by atoms with Crippen LogP contribution in [0.25, 0.3) is 0 Å². The van der Waals surface area contributed by atoms with Crippen LogP contribution in [-0.2, 0) is 14.6 Å². The van der Waals surface area contributed by atoms with Crippen molar-refractivity contribution in [1.82, 2.24) is 4.90 Å². The Balaban J connectivity index is 2.25. The molecule has 0 amide bonds. The van der Waals surface area contributed by atoms with Gasteiger partial charge in [0.1, 0.15) is 0 Å². The van der Waals surface area contributed by atoms with Crippen molar-refractivity contribution < 1.29 is 13.2 Å². The quantitative estimate of drug-likeness (QED) is 0.796. The minimum Gasteiger partial charge on any atom is -0.370 e. The molecule has 6 heteroatoms. The van der Waals surface area contributed by atoms with Gasteiger partial charge in [0.2, 0.25) is 0 Å². The summed E-state index contributed by atoms with van der Waals surface area (Å²) in [6, 6.07) is 0. The lowest BCUT2D eigenvalue weighted by Gasteiger charge is -2.52. The number of ether oxygens (including phenoxy) is 1. The van der Waals surface area contributed by atoms with Crippen molar-refractivity contribution in [3.63, 3.8) is 0 Å². The van der Waals surface area contributed by atoms with Crippen molar-refractivity contribution in [2.45, 2.75) is 50.9 Å². The van der Waals surface area contributed by atoms with Crippen molar-refractivity contribution >= 4 is 9.84 Å². The second-order valence-corrected chi connectivity index (χ2v) is 8.88. The van der Waals surface area contributed by atoms with Crippen LogP contribution in [0.4, 0.5) is 0 Å². The van der Waals surface area contributed by atoms with E-state index in [-0.39, 0.29) is 17.5 Å². The maximum Gasteiger partial charge on any atom is 0.152 e. The summed E-state index contributed by atoms with van der Waals surface area (Å²) in [6.45, 7) is 8.04. The molecule has 2 N–H and O–H groups in total. The summed E-state index contributed by atoms with van der Waals surface area (Å²) in [5.41, 5.74) is 5.33. The van der Waals surface area contributed by atoms with Crippen LogP contribution < -0.4 is 5.73 Å². The van der Waals surface area contributed by atoms with Gasteiger partial charge in [-0.2, -0.15) is 0 Å². The van der Waals surface area contributed by atoms with Crippen molar-refractivity contribution in [2.75, 3.05) is 31.1 Å². The zero-order valence-electron chi connectivity index (χ0n) is 12.2. The molecule has 0 aliphatic carbocycles. The van der Waals surface area contributed by atoms with Gasteiger partial charge >= 0.3 is 0 Å². The van der Waals surface area contributed by atoms with Gasteiger partial charge in [0.25, 0.3) is 0 Å². The Morgan fingerprint density at radius 1 is 1.42 bits per heavy atom. The molecule has 2 fully saturated rings. The third-order valence-corrected chi connectivity index (χ3v) is 6.09. The number of nitrogens with zero attached hydrogens (tertiary/aromatic N) is 1. The molecule has 2 aliphatic rings. The summed E-state index contributed by atoms with van der Waals surface area (Å²) in [4.78, 5) is 2.26. The molecular weight excluding hydrogens is 264 g/mol. The van der Waals surface area contributed by atoms with Crippen LogP contribution in [0.15, 0.2) is 0 Å². The van der Waals surface area contributed by atoms with Gasteiger partial charge in [-0.3, -0.25) is 4.90 Å². The fraction of sp³-hybridized carbons (Fsp3) is 1.00. The molecule has 2 aliphatic heterocycles. The number of sulfone groups is 1. The molecule has 112 valence electrons. The van der Waals surface area contributed by atoms with Gasteiger partial charge < -0.3 is 10.5 Å². The van der Waals surface area contributed by atoms with Gasteiger partial charge in [-0.1, -0.05) is 0 Å². The first-order valence-electron chi connectivity index (χ1n) is 7.01. The monoisotopic (exact) mass is 290 g/mol. The molecular formula is C13H26N2O3S. The van der Waals surface area contributed by atoms with E-state index >= 15 is 0 Å². The first-order chi connectivity index (χ1) is 8.68. The Kier molecular flexibility index (Phi) is 3.99. The lowest BCUT2D eigenvalue weighted by molar-refractivity contribution is -0.151. The van der Waals surface area contributed by atoms with E-state index in [1.165, 1.54) is 0 Å². The van der Waals surface area contributed by atoms with Crippen molar-refractivity contribution in [2.24, 2.45) is 5.73 Å². The Bertz CT molecular complexity index is 435. The SMILES string of the molecule is CC1CN(C2(CN)CCCS(=O)(=O)C2)CC(C)(C)O1. The highest BCUT2D eigenvalue weighted by Crippen LogP contribution is 2.33. The standard InChI is InChI=1S/C13H26N2O3S/c1-11-7-15(9-12(2,3)18-11)13(8-14)5-4-6-19(16,17)10-13/h11H,4-10,14H2,1-3H3. The summed E-state index contributed by atoms with van der Waals surface area (Å²) >= 11 is 0. The molecule has 2 unspecified atom stereocenters. The molecule has 19 heavy (non-hydrogen) atoms. The van der Waals surface area contributed by atoms with Gasteiger partial charge in [0.15, 0.2) is 9.84 Å². The fourth-order valence-electron chi connectivity index (χ4n) is 3.53. The summed E-state index contributed by atoms with van der Waals surface area (Å²) < 4.78 is 29.9. The van der Waals surface area contributed by atoms with E-state index in [0.717, 1.165) is 19.5 Å². The first-order valence-corrected chi connectivity index (χ1v) is 8.84. The maximum absolute atomic E-state index is 12.0. The third-order valence-electron chi connectivity index (χ3n) is 4.21. The zero-order valence-corrected chi connectivity index (χ0v) is 13.0. The molecule has 2 heterocycles. The number of hydrogen-bond donors (Lipinski definition) is 1. The minimum absolute atomic E-state index is 0.108. The van der Waals surface area contributed by atoms with Crippen LogP contribution in [0.5, 0.6) is 0 Å². The average Bonchev–Trinajstić information content (AvgIpc) is 2.24. The molecule has 0 bridgehead atoms. The molecule has 0 aromatic heterocycles. The molecule has 0 aromatic rings. The van der Waals surface area contributed by atoms with Crippen LogP contribution in [0, 0.1) is 0 Å². The Labute approximate surface area is 116 Å². The molecule has 2 saturated heterocycles. The van der Waals surface area contributed by atoms with Crippen LogP contribution >= 0.6 is 0 Å². The van der Waals surface area contributed by atoms with E-state index in [0.29, 0.717) is 18.7 Å². The van der Waals surface area contributed by atoms with Gasteiger partial charge in [-0.15, -0.1) is 0 Å². The number of rotatable bonds is 2. The molecule has 5 nitrogen and oxygen atoms in total. The number of hydrogen-bond acceptors (Lipinski definition) is 5. The van der Waals surface area contributed by atoms with Gasteiger partial charge in [0.05, 0.1) is 23.2 Å². The summed E-state index contributed by atoms with van der Waals surface area (Å²) in [7, 11) is -2.97. The Morgan fingerprint density at radius 3 is 2.63 bits per heavy atom. The number of nitrogens with two attached hydrogens (primary N) is 1. The first kappa shape index (κ1) is 15.2. The third kappa shape index (κ3) is 3.29. The molecule has 0 aromatic carbocycles. The Hall–Kier alpha value is -0.170. The van der Waals surface area contributed by atoms with Crippen molar-refractivity contribution in [1.29, 1.82) is 0 Å². The molecule has 2 atom stereocenters. The van der Waals surface area contributed by atoms with E-state index in [2.05, 4.69) is 18.7 Å². The highest BCUT2D eigenvalue weighted by Gasteiger charge is 2.46. The highest BCUT2D eigenvalue weighted by atomic mass is 32.2. The molecule has 2 rings (SSSR count). The predicted octanol–water partition coefficient (Wildman–Crippen LogP) is 0.392. The second kappa shape index (κ2) is 4.98. The normalized spacial score (nSPS) is 39.1. The van der Waals surface area contributed by atoms with Gasteiger partial charge in [-0.05, 0) is 33.6 Å². The van der Waals surface area contributed by atoms with E-state index in [9.17, 15) is 8.42 Å². The topological polar surface area (TPSA) is 72.6 Å². The fourth-order valence-corrected chi connectivity index (χ4v) is 5.52. The van der Waals surface area contributed by atoms with E-state index < -0.39 is 15.4 Å². The second-order valence-electron chi connectivity index (χ2n) is 6.69. The molecule has 0 spiro atoms. The average molecular weight is 290 g/mol. The summed E-state index contributed by atoms with van der Waals surface area (Å²) in [6.07, 6.45) is 1.69. The van der Waals surface area contributed by atoms with E-state index in [1.54, 1.807) is 0 Å². The lowest BCUT2D eigenvalue weighted by atomic mass is 9.90. The predicted molar refractivity (Wildman–Crippen MR) is 75.9 cm³/mol. The summed E-state index contributed by atoms with van der Waals surface area (Å²) in [5, 5.41) is 0. The zero-order chi connectivity index (χ0) is 14.3. The van der Waals surface area contributed by atoms with E-state index in [4.69, 9.17) is 10.5 Å². The smallest absolute Gasteiger partial charge is 0.152 e. The van der Waals surface area contributed by atoms with Crippen LogP contribution in [-0.4, -0.2) is 61.7 Å². The highest BCUT2D eigenvalue weighted by molar-refractivity contribution is 7.91. The van der Waals surface area contributed by atoms with Crippen LogP contribution in [0.2, 0.25) is 0 Å². The van der Waals surface area contributed by atoms with Crippen molar-refractivity contribution in [3.05, 3.63) is 0 Å². The van der Waals surface area contributed by atoms with Crippen molar-refractivity contribution in [3.8, 4) is 0 Å². The van der Waals surface area contributed by atoms with Gasteiger partial charge in [0, 0.05) is 25.2 Å². The Morgan fingerprint density at radius 2 is 2.11 bits per heavy atom. The summed E-state index contributed by atoms with van der Waals surface area (Å²) in [5.74, 6) is 0.497.